The molecular weight excluding hydrogens is 342 g/mol. The molecule has 1 N–H and O–H groups in total. The maximum atomic E-state index is 12.9. The first-order valence-electron chi connectivity index (χ1n) is 8.77. The molecule has 6 heteroatoms. The Kier molecular flexibility index (Phi) is 4.46. The van der Waals surface area contributed by atoms with Crippen LogP contribution in [0.3, 0.4) is 0 Å². The van der Waals surface area contributed by atoms with Gasteiger partial charge in [0.15, 0.2) is 5.78 Å². The summed E-state index contributed by atoms with van der Waals surface area (Å²) in [6, 6.07) is 12.7. The molecule has 136 valence electrons. The van der Waals surface area contributed by atoms with Crippen LogP contribution in [0.15, 0.2) is 54.9 Å². The van der Waals surface area contributed by atoms with Crippen molar-refractivity contribution in [1.29, 1.82) is 0 Å². The van der Waals surface area contributed by atoms with Crippen molar-refractivity contribution in [1.82, 2.24) is 15.1 Å². The first kappa shape index (κ1) is 17.0. The number of hydrogen-bond acceptors (Lipinski definition) is 4. The van der Waals surface area contributed by atoms with E-state index in [2.05, 4.69) is 10.2 Å². The molecule has 2 aromatic carbocycles. The Hall–Kier alpha value is -3.41. The lowest BCUT2D eigenvalue weighted by Gasteiger charge is -2.20. The van der Waals surface area contributed by atoms with E-state index in [1.165, 1.54) is 6.92 Å². The molecule has 1 aliphatic heterocycles. The van der Waals surface area contributed by atoms with Crippen molar-refractivity contribution in [2.24, 2.45) is 0 Å². The summed E-state index contributed by atoms with van der Waals surface area (Å²) in [6.45, 7) is 2.92. The van der Waals surface area contributed by atoms with Gasteiger partial charge in [-0.25, -0.2) is 0 Å². The fourth-order valence-electron chi connectivity index (χ4n) is 3.19. The topological polar surface area (TPSA) is 75.3 Å². The number of hydrogen-bond donors (Lipinski definition) is 1. The largest absolute Gasteiger partial charge is 0.491 e. The normalized spacial score (nSPS) is 13.4. The summed E-state index contributed by atoms with van der Waals surface area (Å²) in [5.74, 6) is 0.706. The number of fused-ring (bicyclic) bond motifs is 1. The number of nitrogens with one attached hydrogen (secondary N) is 1. The van der Waals surface area contributed by atoms with Gasteiger partial charge in [-0.15, -0.1) is 0 Å². The minimum atomic E-state index is -0.0738. The Morgan fingerprint density at radius 2 is 1.85 bits per heavy atom. The summed E-state index contributed by atoms with van der Waals surface area (Å²) in [6.07, 6.45) is 3.59. The first-order valence-corrected chi connectivity index (χ1v) is 8.77. The Morgan fingerprint density at radius 3 is 2.56 bits per heavy atom. The molecule has 0 aliphatic carbocycles. The molecule has 0 saturated carbocycles. The van der Waals surface area contributed by atoms with E-state index in [4.69, 9.17) is 4.74 Å². The van der Waals surface area contributed by atoms with Crippen molar-refractivity contribution in [2.75, 3.05) is 13.2 Å². The molecule has 3 aromatic rings. The predicted octanol–water partition coefficient (Wildman–Crippen LogP) is 3.31. The zero-order valence-electron chi connectivity index (χ0n) is 14.9. The zero-order chi connectivity index (χ0) is 18.8. The molecule has 6 nitrogen and oxygen atoms in total. The van der Waals surface area contributed by atoms with E-state index in [1.54, 1.807) is 35.4 Å². The number of benzene rings is 2. The number of ketones is 1. The van der Waals surface area contributed by atoms with Gasteiger partial charge in [0.2, 0.25) is 0 Å². The van der Waals surface area contributed by atoms with Crippen molar-refractivity contribution in [2.45, 2.75) is 13.5 Å². The predicted molar refractivity (Wildman–Crippen MR) is 101 cm³/mol. The monoisotopic (exact) mass is 361 g/mol. The average Bonchev–Trinajstić information content (AvgIpc) is 3.14. The third-order valence-electron chi connectivity index (χ3n) is 4.70. The fraction of sp³-hybridized carbons (Fsp3) is 0.190. The molecule has 0 spiro atoms. The summed E-state index contributed by atoms with van der Waals surface area (Å²) < 4.78 is 5.83. The van der Waals surface area contributed by atoms with Crippen LogP contribution in [0, 0.1) is 0 Å². The second kappa shape index (κ2) is 7.07. The Balaban J connectivity index is 1.59. The van der Waals surface area contributed by atoms with Gasteiger partial charge in [0.1, 0.15) is 12.4 Å². The number of rotatable bonds is 3. The van der Waals surface area contributed by atoms with Gasteiger partial charge in [0.05, 0.1) is 12.7 Å². The Bertz CT molecular complexity index is 978. The maximum absolute atomic E-state index is 12.9. The summed E-state index contributed by atoms with van der Waals surface area (Å²) in [4.78, 5) is 26.1. The van der Waals surface area contributed by atoms with Crippen molar-refractivity contribution < 1.29 is 14.3 Å². The van der Waals surface area contributed by atoms with Crippen LogP contribution in [0.5, 0.6) is 5.75 Å². The molecule has 0 unspecified atom stereocenters. The molecule has 27 heavy (non-hydrogen) atoms. The van der Waals surface area contributed by atoms with E-state index >= 15 is 0 Å². The number of carbonyl (C=O) groups is 2. The highest BCUT2D eigenvalue weighted by Crippen LogP contribution is 2.29. The lowest BCUT2D eigenvalue weighted by Crippen LogP contribution is -2.32. The molecule has 0 saturated heterocycles. The quantitative estimate of drug-likeness (QED) is 0.726. The van der Waals surface area contributed by atoms with Crippen LogP contribution < -0.4 is 4.74 Å². The van der Waals surface area contributed by atoms with E-state index in [-0.39, 0.29) is 11.7 Å². The highest BCUT2D eigenvalue weighted by molar-refractivity contribution is 5.97. The summed E-state index contributed by atoms with van der Waals surface area (Å²) >= 11 is 0. The van der Waals surface area contributed by atoms with Crippen molar-refractivity contribution in [3.8, 4) is 16.9 Å². The van der Waals surface area contributed by atoms with Crippen LogP contribution in [0.2, 0.25) is 0 Å². The van der Waals surface area contributed by atoms with E-state index in [9.17, 15) is 9.59 Å². The molecule has 0 fully saturated rings. The van der Waals surface area contributed by atoms with Crippen molar-refractivity contribution in [3.63, 3.8) is 0 Å². The van der Waals surface area contributed by atoms with Crippen LogP contribution in [0.25, 0.3) is 11.1 Å². The molecule has 4 rings (SSSR count). The standard InChI is InChI=1S/C21H19N3O3/c1-14(25)15-2-4-16(5-3-15)21(26)24-8-9-27-20-7-6-17(10-18(20)13-24)19-11-22-23-12-19/h2-7,10-12H,8-9,13H2,1H3,(H,22,23). The number of nitrogens with zero attached hydrogens (tertiary/aromatic N) is 2. The van der Waals surface area contributed by atoms with Gasteiger partial charge in [0, 0.05) is 35.0 Å². The Morgan fingerprint density at radius 1 is 1.07 bits per heavy atom. The fourth-order valence-corrected chi connectivity index (χ4v) is 3.19. The van der Waals surface area contributed by atoms with Crippen LogP contribution in [-0.2, 0) is 6.54 Å². The van der Waals surface area contributed by atoms with Gasteiger partial charge in [-0.05, 0) is 36.8 Å². The zero-order valence-corrected chi connectivity index (χ0v) is 14.9. The van der Waals surface area contributed by atoms with Gasteiger partial charge in [-0.3, -0.25) is 14.7 Å². The molecule has 0 bridgehead atoms. The molecular formula is C21H19N3O3. The SMILES string of the molecule is CC(=O)c1ccc(C(=O)N2CCOc3ccc(-c4cn[nH]c4)cc3C2)cc1. The minimum Gasteiger partial charge on any atom is -0.491 e. The first-order chi connectivity index (χ1) is 13.1. The molecule has 0 radical (unpaired) electrons. The van der Waals surface area contributed by atoms with E-state index in [0.717, 1.165) is 22.4 Å². The number of H-pyrrole nitrogens is 1. The van der Waals surface area contributed by atoms with Crippen molar-refractivity contribution in [3.05, 3.63) is 71.5 Å². The van der Waals surface area contributed by atoms with Crippen LogP contribution in [0.4, 0.5) is 0 Å². The van der Waals surface area contributed by atoms with Crippen LogP contribution >= 0.6 is 0 Å². The number of aromatic amines is 1. The smallest absolute Gasteiger partial charge is 0.254 e. The lowest BCUT2D eigenvalue weighted by molar-refractivity contribution is 0.0733. The van der Waals surface area contributed by atoms with E-state index < -0.39 is 0 Å². The third kappa shape index (κ3) is 3.46. The van der Waals surface area contributed by atoms with Crippen molar-refractivity contribution >= 4 is 11.7 Å². The summed E-state index contributed by atoms with van der Waals surface area (Å²) in [5, 5.41) is 6.80. The lowest BCUT2D eigenvalue weighted by atomic mass is 10.0. The number of carbonyl (C=O) groups excluding carboxylic acids is 2. The average molecular weight is 361 g/mol. The number of aromatic nitrogens is 2. The second-order valence-electron chi connectivity index (χ2n) is 6.52. The maximum Gasteiger partial charge on any atom is 0.254 e. The highest BCUT2D eigenvalue weighted by Gasteiger charge is 2.21. The van der Waals surface area contributed by atoms with E-state index in [0.29, 0.717) is 30.8 Å². The Labute approximate surface area is 156 Å². The van der Waals surface area contributed by atoms with Gasteiger partial charge in [-0.2, -0.15) is 5.10 Å². The number of Topliss-reactive ketones (excluding diaryl/α,β-unsaturated/α-hetero) is 1. The van der Waals surface area contributed by atoms with Gasteiger partial charge in [-0.1, -0.05) is 18.2 Å². The molecule has 1 amide bonds. The van der Waals surface area contributed by atoms with Gasteiger partial charge in [0.25, 0.3) is 5.91 Å². The highest BCUT2D eigenvalue weighted by atomic mass is 16.5. The number of amides is 1. The second-order valence-corrected chi connectivity index (χ2v) is 6.52. The van der Waals surface area contributed by atoms with Gasteiger partial charge < -0.3 is 9.64 Å². The summed E-state index contributed by atoms with van der Waals surface area (Å²) in [7, 11) is 0. The molecule has 1 aliphatic rings. The van der Waals surface area contributed by atoms with Crippen LogP contribution in [0.1, 0.15) is 33.2 Å². The minimum absolute atomic E-state index is 0.0159. The summed E-state index contributed by atoms with van der Waals surface area (Å²) in [5.41, 5.74) is 4.13. The van der Waals surface area contributed by atoms with Gasteiger partial charge >= 0.3 is 0 Å². The molecule has 1 aromatic heterocycles. The van der Waals surface area contributed by atoms with Crippen LogP contribution in [-0.4, -0.2) is 39.9 Å². The number of ether oxygens (including phenoxy) is 1. The third-order valence-corrected chi connectivity index (χ3v) is 4.70. The molecule has 2 heterocycles. The van der Waals surface area contributed by atoms with E-state index in [1.807, 2.05) is 24.4 Å². The molecule has 0 atom stereocenters.